The lowest BCUT2D eigenvalue weighted by Crippen LogP contribution is -2.51. The quantitative estimate of drug-likeness (QED) is 0.834. The van der Waals surface area contributed by atoms with Crippen LogP contribution in [0.25, 0.3) is 0 Å². The van der Waals surface area contributed by atoms with E-state index >= 15 is 0 Å². The molecule has 1 unspecified atom stereocenters. The standard InChI is InChI=1S/C17H21NO3/c19-11-17(16(21)18-13-7-2-1-3-8-13)10-12-6-4-5-9-14(12)15(17)20/h4-6,9,13,19H,1-3,7-8,10-11H2,(H,18,21). The van der Waals surface area contributed by atoms with Crippen LogP contribution in [0.5, 0.6) is 0 Å². The van der Waals surface area contributed by atoms with E-state index in [4.69, 9.17) is 0 Å². The van der Waals surface area contributed by atoms with Crippen molar-refractivity contribution in [3.8, 4) is 0 Å². The summed E-state index contributed by atoms with van der Waals surface area (Å²) < 4.78 is 0. The number of hydrogen-bond donors (Lipinski definition) is 2. The average molecular weight is 287 g/mol. The molecule has 1 aromatic carbocycles. The second kappa shape index (κ2) is 5.60. The van der Waals surface area contributed by atoms with Gasteiger partial charge in [0.05, 0.1) is 6.61 Å². The number of aliphatic hydroxyl groups is 1. The van der Waals surface area contributed by atoms with E-state index in [-0.39, 0.29) is 17.7 Å². The van der Waals surface area contributed by atoms with E-state index in [1.54, 1.807) is 12.1 Å². The van der Waals surface area contributed by atoms with Gasteiger partial charge < -0.3 is 10.4 Å². The van der Waals surface area contributed by atoms with E-state index in [1.165, 1.54) is 6.42 Å². The van der Waals surface area contributed by atoms with Crippen LogP contribution in [-0.4, -0.2) is 29.4 Å². The molecule has 1 aromatic rings. The lowest BCUT2D eigenvalue weighted by atomic mass is 9.82. The van der Waals surface area contributed by atoms with Gasteiger partial charge in [0, 0.05) is 11.6 Å². The number of aliphatic hydroxyl groups excluding tert-OH is 1. The fourth-order valence-electron chi connectivity index (χ4n) is 3.51. The number of carbonyl (C=O) groups is 2. The lowest BCUT2D eigenvalue weighted by molar-refractivity contribution is -0.131. The summed E-state index contributed by atoms with van der Waals surface area (Å²) in [5.74, 6) is -0.549. The highest BCUT2D eigenvalue weighted by atomic mass is 16.3. The van der Waals surface area contributed by atoms with Crippen LogP contribution in [0.2, 0.25) is 0 Å². The number of nitrogens with one attached hydrogen (secondary N) is 1. The highest BCUT2D eigenvalue weighted by Crippen LogP contribution is 2.37. The molecule has 112 valence electrons. The van der Waals surface area contributed by atoms with Gasteiger partial charge in [-0.2, -0.15) is 0 Å². The average Bonchev–Trinajstić information content (AvgIpc) is 2.82. The molecule has 2 N–H and O–H groups in total. The molecule has 0 aliphatic heterocycles. The normalized spacial score (nSPS) is 25.7. The Labute approximate surface area is 124 Å². The topological polar surface area (TPSA) is 66.4 Å². The van der Waals surface area contributed by atoms with Gasteiger partial charge in [-0.25, -0.2) is 0 Å². The molecule has 0 saturated heterocycles. The number of ketones is 1. The van der Waals surface area contributed by atoms with Crippen molar-refractivity contribution in [3.63, 3.8) is 0 Å². The van der Waals surface area contributed by atoms with Crippen molar-refractivity contribution in [3.05, 3.63) is 35.4 Å². The highest BCUT2D eigenvalue weighted by molar-refractivity contribution is 6.17. The summed E-state index contributed by atoms with van der Waals surface area (Å²) in [5.41, 5.74) is 0.113. The molecule has 2 aliphatic carbocycles. The zero-order chi connectivity index (χ0) is 14.9. The Bertz CT molecular complexity index is 563. The minimum atomic E-state index is -1.32. The molecular formula is C17H21NO3. The first-order valence-electron chi connectivity index (χ1n) is 7.72. The van der Waals surface area contributed by atoms with Crippen LogP contribution in [0.3, 0.4) is 0 Å². The second-order valence-electron chi connectivity index (χ2n) is 6.21. The Morgan fingerprint density at radius 3 is 2.62 bits per heavy atom. The second-order valence-corrected chi connectivity index (χ2v) is 6.21. The first-order valence-corrected chi connectivity index (χ1v) is 7.72. The zero-order valence-electron chi connectivity index (χ0n) is 12.1. The summed E-state index contributed by atoms with van der Waals surface area (Å²) in [4.78, 5) is 25.3. The van der Waals surface area contributed by atoms with Crippen LogP contribution in [0, 0.1) is 5.41 Å². The SMILES string of the molecule is O=C(NC1CCCCC1)C1(CO)Cc2ccccc2C1=O. The summed E-state index contributed by atoms with van der Waals surface area (Å²) >= 11 is 0. The van der Waals surface area contributed by atoms with E-state index < -0.39 is 12.0 Å². The Kier molecular flexibility index (Phi) is 3.81. The predicted octanol–water partition coefficient (Wildman–Crippen LogP) is 1.85. The number of amides is 1. The molecule has 0 radical (unpaired) electrons. The fourth-order valence-corrected chi connectivity index (χ4v) is 3.51. The van der Waals surface area contributed by atoms with Crippen molar-refractivity contribution >= 4 is 11.7 Å². The maximum atomic E-state index is 12.7. The van der Waals surface area contributed by atoms with Crippen molar-refractivity contribution in [1.29, 1.82) is 0 Å². The maximum Gasteiger partial charge on any atom is 0.237 e. The third-order valence-electron chi connectivity index (χ3n) is 4.83. The number of carbonyl (C=O) groups excluding carboxylic acids is 2. The minimum Gasteiger partial charge on any atom is -0.395 e. The number of rotatable bonds is 3. The Morgan fingerprint density at radius 1 is 1.24 bits per heavy atom. The summed E-state index contributed by atoms with van der Waals surface area (Å²) in [5, 5.41) is 12.8. The molecule has 4 heteroatoms. The number of Topliss-reactive ketones (excluding diaryl/α,β-unsaturated/α-hetero) is 1. The molecule has 4 nitrogen and oxygen atoms in total. The van der Waals surface area contributed by atoms with Crippen LogP contribution < -0.4 is 5.32 Å². The predicted molar refractivity (Wildman–Crippen MR) is 79.0 cm³/mol. The lowest BCUT2D eigenvalue weighted by Gasteiger charge is -2.29. The van der Waals surface area contributed by atoms with E-state index in [2.05, 4.69) is 5.32 Å². The van der Waals surface area contributed by atoms with E-state index in [1.807, 2.05) is 12.1 Å². The van der Waals surface area contributed by atoms with Crippen LogP contribution in [0.15, 0.2) is 24.3 Å². The van der Waals surface area contributed by atoms with Gasteiger partial charge in [-0.05, 0) is 24.8 Å². The molecule has 0 bridgehead atoms. The maximum absolute atomic E-state index is 12.7. The molecule has 0 heterocycles. The van der Waals surface area contributed by atoms with Gasteiger partial charge in [0.2, 0.25) is 5.91 Å². The third kappa shape index (κ3) is 2.38. The molecule has 21 heavy (non-hydrogen) atoms. The molecule has 3 rings (SSSR count). The molecule has 1 fully saturated rings. The summed E-state index contributed by atoms with van der Waals surface area (Å²) in [6.45, 7) is -0.431. The molecule has 1 amide bonds. The molecule has 2 aliphatic rings. The van der Waals surface area contributed by atoms with Gasteiger partial charge in [-0.15, -0.1) is 0 Å². The zero-order valence-corrected chi connectivity index (χ0v) is 12.1. The Morgan fingerprint density at radius 2 is 1.95 bits per heavy atom. The minimum absolute atomic E-state index is 0.145. The third-order valence-corrected chi connectivity index (χ3v) is 4.83. The molecule has 0 spiro atoms. The van der Waals surface area contributed by atoms with Gasteiger partial charge >= 0.3 is 0 Å². The van der Waals surface area contributed by atoms with Crippen molar-refractivity contribution in [2.45, 2.75) is 44.6 Å². The number of fused-ring (bicyclic) bond motifs is 1. The van der Waals surface area contributed by atoms with Gasteiger partial charge in [-0.1, -0.05) is 43.5 Å². The van der Waals surface area contributed by atoms with Crippen molar-refractivity contribution in [2.75, 3.05) is 6.61 Å². The number of hydrogen-bond acceptors (Lipinski definition) is 3. The van der Waals surface area contributed by atoms with Crippen LogP contribution in [0.1, 0.15) is 48.0 Å². The van der Waals surface area contributed by atoms with Crippen molar-refractivity contribution < 1.29 is 14.7 Å². The largest absolute Gasteiger partial charge is 0.395 e. The molecular weight excluding hydrogens is 266 g/mol. The highest BCUT2D eigenvalue weighted by Gasteiger charge is 2.51. The summed E-state index contributed by atoms with van der Waals surface area (Å²) in [6.07, 6.45) is 5.68. The van der Waals surface area contributed by atoms with Gasteiger partial charge in [0.25, 0.3) is 0 Å². The molecule has 1 atom stereocenters. The van der Waals surface area contributed by atoms with E-state index in [0.717, 1.165) is 31.2 Å². The Hall–Kier alpha value is -1.68. The van der Waals surface area contributed by atoms with Crippen LogP contribution in [0.4, 0.5) is 0 Å². The van der Waals surface area contributed by atoms with Crippen molar-refractivity contribution in [2.24, 2.45) is 5.41 Å². The summed E-state index contributed by atoms with van der Waals surface area (Å²) in [6, 6.07) is 7.40. The monoisotopic (exact) mass is 287 g/mol. The van der Waals surface area contributed by atoms with Gasteiger partial charge in [0.1, 0.15) is 5.41 Å². The van der Waals surface area contributed by atoms with Gasteiger partial charge in [0.15, 0.2) is 5.78 Å². The van der Waals surface area contributed by atoms with E-state index in [9.17, 15) is 14.7 Å². The Balaban J connectivity index is 1.81. The van der Waals surface area contributed by atoms with Gasteiger partial charge in [-0.3, -0.25) is 9.59 Å². The summed E-state index contributed by atoms with van der Waals surface area (Å²) in [7, 11) is 0. The van der Waals surface area contributed by atoms with Crippen molar-refractivity contribution in [1.82, 2.24) is 5.32 Å². The first-order chi connectivity index (χ1) is 10.2. The molecule has 0 aromatic heterocycles. The first kappa shape index (κ1) is 14.3. The van der Waals surface area contributed by atoms with E-state index in [0.29, 0.717) is 12.0 Å². The van der Waals surface area contributed by atoms with Crippen LogP contribution >= 0.6 is 0 Å². The number of benzene rings is 1. The smallest absolute Gasteiger partial charge is 0.237 e. The molecule has 1 saturated carbocycles. The fraction of sp³-hybridized carbons (Fsp3) is 0.529. The van der Waals surface area contributed by atoms with Crippen LogP contribution in [-0.2, 0) is 11.2 Å².